The van der Waals surface area contributed by atoms with E-state index in [1.54, 1.807) is 0 Å². The first kappa shape index (κ1) is 11.0. The summed E-state index contributed by atoms with van der Waals surface area (Å²) < 4.78 is 4.32. The van der Waals surface area contributed by atoms with E-state index in [2.05, 4.69) is 10.1 Å². The highest BCUT2D eigenvalue weighted by atomic mass is 35.5. The van der Waals surface area contributed by atoms with E-state index < -0.39 is 12.3 Å². The van der Waals surface area contributed by atoms with Crippen LogP contribution in [0, 0.1) is 0 Å². The minimum Gasteiger partial charge on any atom is -0.450 e. The topological polar surface area (TPSA) is 75.6 Å². The van der Waals surface area contributed by atoms with Gasteiger partial charge in [0.15, 0.2) is 0 Å². The molecule has 0 bridgehead atoms. The van der Waals surface area contributed by atoms with Crippen molar-refractivity contribution < 1.29 is 19.4 Å². The van der Waals surface area contributed by atoms with Crippen molar-refractivity contribution in [2.45, 2.75) is 13.0 Å². The minimum absolute atomic E-state index is 0.0204. The average molecular weight is 196 g/mol. The summed E-state index contributed by atoms with van der Waals surface area (Å²) in [4.78, 5) is 20.4. The summed E-state index contributed by atoms with van der Waals surface area (Å²) in [5, 5.41) is 10.6. The molecule has 0 spiro atoms. The number of halogens is 1. The van der Waals surface area contributed by atoms with Gasteiger partial charge in [-0.1, -0.05) is 0 Å². The summed E-state index contributed by atoms with van der Waals surface area (Å²) in [6, 6.07) is 0. The molecule has 0 heterocycles. The first-order valence-corrected chi connectivity index (χ1v) is 3.79. The maximum atomic E-state index is 10.4. The molecule has 0 saturated heterocycles. The van der Waals surface area contributed by atoms with Crippen LogP contribution in [0.1, 0.15) is 6.92 Å². The number of amides is 1. The molecular weight excluding hydrogens is 186 g/mol. The molecule has 0 aliphatic carbocycles. The highest BCUT2D eigenvalue weighted by Gasteiger charge is 2.11. The normalized spacial score (nSPS) is 11.8. The molecule has 0 aliphatic heterocycles. The van der Waals surface area contributed by atoms with Crippen molar-refractivity contribution >= 4 is 23.7 Å². The monoisotopic (exact) mass is 195 g/mol. The fourth-order valence-electron chi connectivity index (χ4n) is 0.528. The molecule has 0 fully saturated rings. The molecule has 1 atom stereocenters. The van der Waals surface area contributed by atoms with Crippen LogP contribution in [0.25, 0.3) is 0 Å². The second-order valence-electron chi connectivity index (χ2n) is 2.10. The van der Waals surface area contributed by atoms with E-state index in [1.807, 2.05) is 0 Å². The molecule has 0 rings (SSSR count). The number of hydrogen-bond donors (Lipinski definition) is 2. The lowest BCUT2D eigenvalue weighted by molar-refractivity contribution is -0.119. The van der Waals surface area contributed by atoms with Crippen LogP contribution in [0.4, 0.5) is 4.79 Å². The molecule has 5 nitrogen and oxygen atoms in total. The van der Waals surface area contributed by atoms with Crippen LogP contribution in [-0.2, 0) is 9.53 Å². The zero-order valence-electron chi connectivity index (χ0n) is 6.54. The van der Waals surface area contributed by atoms with Crippen molar-refractivity contribution in [1.82, 2.24) is 5.32 Å². The summed E-state index contributed by atoms with van der Waals surface area (Å²) in [7, 11) is 0. The number of carbonyl (C=O) groups is 2. The van der Waals surface area contributed by atoms with Crippen LogP contribution >= 0.6 is 11.6 Å². The Bertz CT molecular complexity index is 173. The average Bonchev–Trinajstić information content (AvgIpc) is 1.97. The van der Waals surface area contributed by atoms with Gasteiger partial charge in [0.2, 0.25) is 5.91 Å². The molecule has 0 aromatic carbocycles. The van der Waals surface area contributed by atoms with Crippen molar-refractivity contribution in [3.63, 3.8) is 0 Å². The van der Waals surface area contributed by atoms with E-state index in [-0.39, 0.29) is 18.3 Å². The van der Waals surface area contributed by atoms with Crippen LogP contribution in [0.3, 0.4) is 0 Å². The first-order valence-electron chi connectivity index (χ1n) is 3.26. The second-order valence-corrected chi connectivity index (χ2v) is 2.41. The fraction of sp³-hybridized carbons (Fsp3) is 0.667. The summed E-state index contributed by atoms with van der Waals surface area (Å²) in [6.45, 7) is 1.43. The molecule has 12 heavy (non-hydrogen) atoms. The van der Waals surface area contributed by atoms with Crippen molar-refractivity contribution in [3.05, 3.63) is 0 Å². The molecule has 70 valence electrons. The fourth-order valence-corrected chi connectivity index (χ4v) is 0.700. The maximum absolute atomic E-state index is 10.4. The Morgan fingerprint density at radius 2 is 2.25 bits per heavy atom. The van der Waals surface area contributed by atoms with Crippen molar-refractivity contribution in [2.75, 3.05) is 12.4 Å². The number of carboxylic acid groups (broad SMARTS) is 1. The Kier molecular flexibility index (Phi) is 5.19. The molecule has 0 unspecified atom stereocenters. The van der Waals surface area contributed by atoms with Crippen LogP contribution in [0.5, 0.6) is 0 Å². The van der Waals surface area contributed by atoms with Crippen molar-refractivity contribution in [1.29, 1.82) is 0 Å². The van der Waals surface area contributed by atoms with Gasteiger partial charge in [-0.05, 0) is 0 Å². The van der Waals surface area contributed by atoms with Crippen molar-refractivity contribution in [3.8, 4) is 0 Å². The van der Waals surface area contributed by atoms with Crippen molar-refractivity contribution in [2.24, 2.45) is 0 Å². The SMILES string of the molecule is CC(=O)NC[C@@H](CCl)OC(=O)O. The lowest BCUT2D eigenvalue weighted by Crippen LogP contribution is -2.34. The Balaban J connectivity index is 3.67. The summed E-state index contributed by atoms with van der Waals surface area (Å²) >= 11 is 5.36. The summed E-state index contributed by atoms with van der Waals surface area (Å²) in [5.41, 5.74) is 0. The third kappa shape index (κ3) is 5.79. The quantitative estimate of drug-likeness (QED) is 0.504. The molecule has 2 N–H and O–H groups in total. The molecule has 0 radical (unpaired) electrons. The highest BCUT2D eigenvalue weighted by Crippen LogP contribution is 1.94. The zero-order chi connectivity index (χ0) is 9.56. The Hall–Kier alpha value is -0.970. The number of carbonyl (C=O) groups excluding carboxylic acids is 1. The van der Waals surface area contributed by atoms with Crippen LogP contribution in [0.2, 0.25) is 0 Å². The summed E-state index contributed by atoms with van der Waals surface area (Å²) in [6.07, 6.45) is -2.08. The van der Waals surface area contributed by atoms with Gasteiger partial charge >= 0.3 is 6.16 Å². The van der Waals surface area contributed by atoms with Gasteiger partial charge in [-0.15, -0.1) is 11.6 Å². The molecule has 0 aliphatic rings. The van der Waals surface area contributed by atoms with Gasteiger partial charge in [-0.2, -0.15) is 0 Å². The molecule has 0 saturated carbocycles. The molecule has 1 amide bonds. The molecule has 0 aromatic heterocycles. The predicted molar refractivity (Wildman–Crippen MR) is 42.3 cm³/mol. The van der Waals surface area contributed by atoms with E-state index in [4.69, 9.17) is 16.7 Å². The van der Waals surface area contributed by atoms with E-state index in [9.17, 15) is 9.59 Å². The number of nitrogens with one attached hydrogen (secondary N) is 1. The number of alkyl halides is 1. The largest absolute Gasteiger partial charge is 0.506 e. The third-order valence-corrected chi connectivity index (χ3v) is 1.36. The molecular formula is C6H10ClNO4. The minimum atomic E-state index is -1.40. The van der Waals surface area contributed by atoms with Crippen LogP contribution in [0.15, 0.2) is 0 Å². The van der Waals surface area contributed by atoms with Crippen LogP contribution in [-0.4, -0.2) is 35.7 Å². The van der Waals surface area contributed by atoms with Gasteiger partial charge in [0.05, 0.1) is 12.4 Å². The standard InChI is InChI=1S/C6H10ClNO4/c1-4(9)8-3-5(2-7)12-6(10)11/h5H,2-3H2,1H3,(H,8,9)(H,10,11)/t5-/m1/s1. The van der Waals surface area contributed by atoms with Gasteiger partial charge in [0, 0.05) is 6.92 Å². The first-order chi connectivity index (χ1) is 5.56. The van der Waals surface area contributed by atoms with E-state index in [1.165, 1.54) is 6.92 Å². The predicted octanol–water partition coefficient (Wildman–Crippen LogP) is 0.425. The van der Waals surface area contributed by atoms with E-state index in [0.717, 1.165) is 0 Å². The number of hydrogen-bond acceptors (Lipinski definition) is 3. The smallest absolute Gasteiger partial charge is 0.450 e. The van der Waals surface area contributed by atoms with Crippen LogP contribution < -0.4 is 5.32 Å². The maximum Gasteiger partial charge on any atom is 0.506 e. The van der Waals surface area contributed by atoms with Gasteiger partial charge in [0.25, 0.3) is 0 Å². The van der Waals surface area contributed by atoms with E-state index >= 15 is 0 Å². The Labute approximate surface area is 74.6 Å². The van der Waals surface area contributed by atoms with Gasteiger partial charge < -0.3 is 15.2 Å². The Morgan fingerprint density at radius 1 is 1.67 bits per heavy atom. The lowest BCUT2D eigenvalue weighted by Gasteiger charge is -2.12. The number of ether oxygens (including phenoxy) is 1. The second kappa shape index (κ2) is 5.65. The highest BCUT2D eigenvalue weighted by molar-refractivity contribution is 6.18. The van der Waals surface area contributed by atoms with Gasteiger partial charge in [-0.3, -0.25) is 4.79 Å². The molecule has 6 heteroatoms. The van der Waals surface area contributed by atoms with Gasteiger partial charge in [0.1, 0.15) is 6.10 Å². The Morgan fingerprint density at radius 3 is 2.58 bits per heavy atom. The third-order valence-electron chi connectivity index (χ3n) is 1.02. The summed E-state index contributed by atoms with van der Waals surface area (Å²) in [5.74, 6) is -0.230. The lowest BCUT2D eigenvalue weighted by atomic mass is 10.4. The number of rotatable bonds is 4. The van der Waals surface area contributed by atoms with Gasteiger partial charge in [-0.25, -0.2) is 4.79 Å². The zero-order valence-corrected chi connectivity index (χ0v) is 7.30. The van der Waals surface area contributed by atoms with E-state index in [0.29, 0.717) is 0 Å². The molecule has 0 aromatic rings.